The van der Waals surface area contributed by atoms with E-state index in [1.165, 1.54) is 0 Å². The average Bonchev–Trinajstić information content (AvgIpc) is 2.51. The second kappa shape index (κ2) is 8.02. The lowest BCUT2D eigenvalue weighted by Crippen LogP contribution is -2.38. The van der Waals surface area contributed by atoms with Crippen LogP contribution in [0.5, 0.6) is 5.75 Å². The van der Waals surface area contributed by atoms with E-state index < -0.39 is 0 Å². The smallest absolute Gasteiger partial charge is 0.240 e. The van der Waals surface area contributed by atoms with Crippen LogP contribution in [0.4, 0.5) is 0 Å². The zero-order chi connectivity index (χ0) is 16.1. The Kier molecular flexibility index (Phi) is 6.33. The van der Waals surface area contributed by atoms with E-state index in [4.69, 9.17) is 4.74 Å². The van der Waals surface area contributed by atoms with Gasteiger partial charge in [0.1, 0.15) is 12.4 Å². The highest BCUT2D eigenvalue weighted by Gasteiger charge is 2.28. The Morgan fingerprint density at radius 1 is 1.50 bits per heavy atom. The maximum absolute atomic E-state index is 12.3. The Morgan fingerprint density at radius 2 is 2.27 bits per heavy atom. The summed E-state index contributed by atoms with van der Waals surface area (Å²) in [5, 5.41) is 0. The normalized spacial score (nSPS) is 17.6. The van der Waals surface area contributed by atoms with E-state index in [1.807, 2.05) is 30.0 Å². The van der Waals surface area contributed by atoms with Crippen LogP contribution < -0.4 is 4.74 Å². The number of ether oxygens (including phenoxy) is 1. The fourth-order valence-electron chi connectivity index (χ4n) is 2.28. The molecule has 1 amide bonds. The number of nitrogens with zero attached hydrogens (tertiary/aromatic N) is 1. The van der Waals surface area contributed by atoms with Crippen molar-refractivity contribution in [3.05, 3.63) is 34.3 Å². The first kappa shape index (κ1) is 17.4. The van der Waals surface area contributed by atoms with Gasteiger partial charge in [0.05, 0.1) is 3.92 Å². The van der Waals surface area contributed by atoms with Crippen LogP contribution in [0.25, 0.3) is 5.70 Å². The summed E-state index contributed by atoms with van der Waals surface area (Å²) in [4.78, 5) is 14.2. The lowest BCUT2D eigenvalue weighted by Gasteiger charge is -2.31. The molecular weight excluding hydrogens is 457 g/mol. The van der Waals surface area contributed by atoms with E-state index in [1.54, 1.807) is 6.92 Å². The van der Waals surface area contributed by atoms with Crippen LogP contribution in [0.3, 0.4) is 0 Å². The van der Waals surface area contributed by atoms with Crippen molar-refractivity contribution in [1.82, 2.24) is 4.90 Å². The molecule has 1 aromatic rings. The van der Waals surface area contributed by atoms with E-state index in [0.29, 0.717) is 13.2 Å². The van der Waals surface area contributed by atoms with Gasteiger partial charge in [0.15, 0.2) is 0 Å². The number of alkyl halides is 1. The fourth-order valence-corrected chi connectivity index (χ4v) is 3.43. The Morgan fingerprint density at radius 3 is 2.91 bits per heavy atom. The standard InChI is InChI=1S/C17H17BrINO2/c1-3-5-10-22-12-6-7-13(14(18)11-12)16-9-8-15(19)17(21)20(16)4-2/h6-7,9,11,15H,4,8,10H2,1-2H3. The molecule has 3 nitrogen and oxygen atoms in total. The second-order valence-corrected chi connectivity index (χ2v) is 7.09. The molecule has 0 spiro atoms. The summed E-state index contributed by atoms with van der Waals surface area (Å²) >= 11 is 5.79. The number of rotatable bonds is 4. The van der Waals surface area contributed by atoms with Gasteiger partial charge >= 0.3 is 0 Å². The molecule has 2 rings (SSSR count). The van der Waals surface area contributed by atoms with Crippen LogP contribution in [0.2, 0.25) is 0 Å². The average molecular weight is 474 g/mol. The van der Waals surface area contributed by atoms with Crippen LogP contribution in [-0.2, 0) is 4.79 Å². The third kappa shape index (κ3) is 3.85. The lowest BCUT2D eigenvalue weighted by molar-refractivity contribution is -0.127. The van der Waals surface area contributed by atoms with Crippen LogP contribution in [-0.4, -0.2) is 27.9 Å². The molecule has 22 heavy (non-hydrogen) atoms. The van der Waals surface area contributed by atoms with Crippen molar-refractivity contribution in [2.45, 2.75) is 24.2 Å². The summed E-state index contributed by atoms with van der Waals surface area (Å²) < 4.78 is 6.50. The molecule has 0 radical (unpaired) electrons. The van der Waals surface area contributed by atoms with E-state index in [-0.39, 0.29) is 9.83 Å². The van der Waals surface area contributed by atoms with Gasteiger partial charge in [0.25, 0.3) is 0 Å². The first-order valence-electron chi connectivity index (χ1n) is 7.06. The van der Waals surface area contributed by atoms with Crippen molar-refractivity contribution < 1.29 is 9.53 Å². The molecule has 1 aliphatic rings. The van der Waals surface area contributed by atoms with E-state index >= 15 is 0 Å². The summed E-state index contributed by atoms with van der Waals surface area (Å²) in [7, 11) is 0. The predicted molar refractivity (Wildman–Crippen MR) is 101 cm³/mol. The molecule has 116 valence electrons. The van der Waals surface area contributed by atoms with Gasteiger partial charge in [-0.25, -0.2) is 0 Å². The molecule has 1 atom stereocenters. The molecule has 0 saturated heterocycles. The van der Waals surface area contributed by atoms with Crippen LogP contribution >= 0.6 is 38.5 Å². The third-order valence-corrected chi connectivity index (χ3v) is 5.06. The van der Waals surface area contributed by atoms with Gasteiger partial charge in [-0.2, -0.15) is 0 Å². The highest BCUT2D eigenvalue weighted by molar-refractivity contribution is 14.1. The van der Waals surface area contributed by atoms with Crippen LogP contribution in [0.1, 0.15) is 25.8 Å². The topological polar surface area (TPSA) is 29.5 Å². The fraction of sp³-hybridized carbons (Fsp3) is 0.353. The number of carbonyl (C=O) groups is 1. The summed E-state index contributed by atoms with van der Waals surface area (Å²) in [6, 6.07) is 5.81. The number of hydrogen-bond donors (Lipinski definition) is 0. The molecular formula is C17H17BrINO2. The number of allylic oxidation sites excluding steroid dienone is 1. The monoisotopic (exact) mass is 473 g/mol. The first-order chi connectivity index (χ1) is 10.6. The Hall–Kier alpha value is -1.00. The summed E-state index contributed by atoms with van der Waals surface area (Å²) in [6.07, 6.45) is 2.90. The number of benzene rings is 1. The number of carbonyl (C=O) groups excluding carboxylic acids is 1. The molecule has 1 unspecified atom stereocenters. The third-order valence-electron chi connectivity index (χ3n) is 3.36. The van der Waals surface area contributed by atoms with Gasteiger partial charge in [0, 0.05) is 22.3 Å². The van der Waals surface area contributed by atoms with E-state index in [2.05, 4.69) is 56.4 Å². The Bertz CT molecular complexity index is 660. The highest BCUT2D eigenvalue weighted by Crippen LogP contribution is 2.34. The minimum absolute atomic E-state index is 0.0234. The molecule has 1 aromatic carbocycles. The zero-order valence-corrected chi connectivity index (χ0v) is 16.3. The number of halogens is 2. The van der Waals surface area contributed by atoms with Crippen molar-refractivity contribution in [1.29, 1.82) is 0 Å². The maximum atomic E-state index is 12.3. The minimum Gasteiger partial charge on any atom is -0.481 e. The van der Waals surface area contributed by atoms with Gasteiger partial charge in [-0.15, -0.1) is 5.92 Å². The van der Waals surface area contributed by atoms with E-state index in [0.717, 1.165) is 27.9 Å². The molecule has 0 fully saturated rings. The molecule has 0 aromatic heterocycles. The first-order valence-corrected chi connectivity index (χ1v) is 9.10. The number of amides is 1. The molecule has 0 bridgehead atoms. The van der Waals surface area contributed by atoms with Gasteiger partial charge in [-0.05, 0) is 54.4 Å². The van der Waals surface area contributed by atoms with Gasteiger partial charge in [-0.1, -0.05) is 34.6 Å². The van der Waals surface area contributed by atoms with Crippen molar-refractivity contribution in [3.8, 4) is 17.6 Å². The lowest BCUT2D eigenvalue weighted by atomic mass is 10.0. The van der Waals surface area contributed by atoms with Gasteiger partial charge in [0.2, 0.25) is 5.91 Å². The summed E-state index contributed by atoms with van der Waals surface area (Å²) in [6.45, 7) is 4.83. The SMILES string of the molecule is CC#CCOc1ccc(C2=CCC(I)C(=O)N2CC)c(Br)c1. The molecule has 1 aliphatic heterocycles. The van der Waals surface area contributed by atoms with Crippen molar-refractivity contribution in [2.24, 2.45) is 0 Å². The van der Waals surface area contributed by atoms with Crippen molar-refractivity contribution in [2.75, 3.05) is 13.2 Å². The van der Waals surface area contributed by atoms with Gasteiger partial charge in [-0.3, -0.25) is 4.79 Å². The molecule has 5 heteroatoms. The van der Waals surface area contributed by atoms with Gasteiger partial charge < -0.3 is 9.64 Å². The summed E-state index contributed by atoms with van der Waals surface area (Å²) in [5.41, 5.74) is 1.97. The minimum atomic E-state index is 0.0234. The number of hydrogen-bond acceptors (Lipinski definition) is 2. The molecule has 0 aliphatic carbocycles. The second-order valence-electron chi connectivity index (χ2n) is 4.73. The largest absolute Gasteiger partial charge is 0.481 e. The zero-order valence-electron chi connectivity index (χ0n) is 12.5. The van der Waals surface area contributed by atoms with Crippen molar-refractivity contribution in [3.63, 3.8) is 0 Å². The molecule has 0 saturated carbocycles. The molecule has 1 heterocycles. The Balaban J connectivity index is 2.28. The Labute approximate surface area is 153 Å². The quantitative estimate of drug-likeness (QED) is 0.371. The maximum Gasteiger partial charge on any atom is 0.240 e. The highest BCUT2D eigenvalue weighted by atomic mass is 127. The predicted octanol–water partition coefficient (Wildman–Crippen LogP) is 4.25. The van der Waals surface area contributed by atoms with E-state index in [9.17, 15) is 4.79 Å². The summed E-state index contributed by atoms with van der Waals surface area (Å²) in [5.74, 6) is 6.60. The molecule has 0 N–H and O–H groups in total. The van der Waals surface area contributed by atoms with Crippen LogP contribution in [0, 0.1) is 11.8 Å². The van der Waals surface area contributed by atoms with Crippen molar-refractivity contribution >= 4 is 50.1 Å². The van der Waals surface area contributed by atoms with Crippen LogP contribution in [0.15, 0.2) is 28.7 Å².